The van der Waals surface area contributed by atoms with Crippen molar-refractivity contribution in [2.45, 2.75) is 57.0 Å². The molecular formula is C23H28FN3O. The molecule has 0 spiro atoms. The number of amides is 2. The van der Waals surface area contributed by atoms with Crippen LogP contribution in [0.3, 0.4) is 0 Å². The van der Waals surface area contributed by atoms with Gasteiger partial charge in [-0.25, -0.2) is 9.18 Å². The van der Waals surface area contributed by atoms with Gasteiger partial charge in [0, 0.05) is 54.3 Å². The third-order valence-electron chi connectivity index (χ3n) is 8.06. The highest BCUT2D eigenvalue weighted by atomic mass is 19.1. The molecule has 0 atom stereocenters. The summed E-state index contributed by atoms with van der Waals surface area (Å²) >= 11 is 0. The van der Waals surface area contributed by atoms with Gasteiger partial charge in [0.25, 0.3) is 0 Å². The van der Waals surface area contributed by atoms with Gasteiger partial charge in [-0.05, 0) is 74.5 Å². The first-order valence-corrected chi connectivity index (χ1v) is 10.8. The van der Waals surface area contributed by atoms with Gasteiger partial charge in [0.1, 0.15) is 5.82 Å². The number of aromatic nitrogens is 1. The van der Waals surface area contributed by atoms with Crippen LogP contribution in [-0.2, 0) is 20.0 Å². The zero-order valence-electron chi connectivity index (χ0n) is 16.5. The normalized spacial score (nSPS) is 33.4. The summed E-state index contributed by atoms with van der Waals surface area (Å²) in [5.41, 5.74) is 3.44. The first kappa shape index (κ1) is 16.9. The van der Waals surface area contributed by atoms with E-state index < -0.39 is 0 Å². The van der Waals surface area contributed by atoms with Crippen LogP contribution in [0.4, 0.5) is 9.18 Å². The monoisotopic (exact) mass is 381 g/mol. The quantitative estimate of drug-likeness (QED) is 0.783. The van der Waals surface area contributed by atoms with E-state index in [0.29, 0.717) is 6.54 Å². The van der Waals surface area contributed by atoms with Crippen LogP contribution in [-0.4, -0.2) is 27.6 Å². The molecule has 148 valence electrons. The first-order valence-electron chi connectivity index (χ1n) is 10.8. The number of aryl methyl sites for hydroxylation is 1. The number of carbonyl (C=O) groups is 1. The molecule has 28 heavy (non-hydrogen) atoms. The second kappa shape index (κ2) is 5.74. The van der Waals surface area contributed by atoms with Crippen LogP contribution in [0.2, 0.25) is 0 Å². The van der Waals surface area contributed by atoms with Crippen LogP contribution in [0.1, 0.15) is 49.8 Å². The van der Waals surface area contributed by atoms with Crippen molar-refractivity contribution in [2.24, 2.45) is 24.8 Å². The average molecular weight is 381 g/mol. The van der Waals surface area contributed by atoms with Crippen LogP contribution >= 0.6 is 0 Å². The van der Waals surface area contributed by atoms with E-state index in [1.807, 2.05) is 18.0 Å². The summed E-state index contributed by atoms with van der Waals surface area (Å²) in [7, 11) is 2.05. The molecule has 5 aliphatic rings. The topological polar surface area (TPSA) is 37.3 Å². The Morgan fingerprint density at radius 1 is 1.14 bits per heavy atom. The number of urea groups is 1. The summed E-state index contributed by atoms with van der Waals surface area (Å²) in [6.45, 7) is 1.31. The van der Waals surface area contributed by atoms with Crippen molar-refractivity contribution in [3.63, 3.8) is 0 Å². The van der Waals surface area contributed by atoms with E-state index >= 15 is 0 Å². The molecule has 2 amide bonds. The van der Waals surface area contributed by atoms with Crippen LogP contribution in [0.25, 0.3) is 10.9 Å². The summed E-state index contributed by atoms with van der Waals surface area (Å²) in [5.74, 6) is 2.25. The number of carbonyl (C=O) groups excluding carboxylic acids is 1. The molecule has 0 unspecified atom stereocenters. The van der Waals surface area contributed by atoms with Crippen molar-refractivity contribution in [1.82, 2.24) is 14.8 Å². The van der Waals surface area contributed by atoms with Crippen molar-refractivity contribution in [3.05, 3.63) is 35.3 Å². The molecule has 1 aromatic carbocycles. The number of rotatable bonds is 1. The lowest BCUT2D eigenvalue weighted by Gasteiger charge is -2.57. The molecule has 0 saturated heterocycles. The first-order chi connectivity index (χ1) is 13.5. The lowest BCUT2D eigenvalue weighted by Crippen LogP contribution is -2.62. The van der Waals surface area contributed by atoms with Gasteiger partial charge in [0.2, 0.25) is 0 Å². The van der Waals surface area contributed by atoms with Crippen molar-refractivity contribution >= 4 is 16.9 Å². The lowest BCUT2D eigenvalue weighted by atomic mass is 9.53. The van der Waals surface area contributed by atoms with Gasteiger partial charge in [-0.15, -0.1) is 0 Å². The fourth-order valence-corrected chi connectivity index (χ4v) is 7.29. The lowest BCUT2D eigenvalue weighted by molar-refractivity contribution is -0.0159. The zero-order chi connectivity index (χ0) is 19.0. The Labute approximate surface area is 165 Å². The average Bonchev–Trinajstić information content (AvgIpc) is 2.91. The Morgan fingerprint density at radius 3 is 2.50 bits per heavy atom. The maximum Gasteiger partial charge on any atom is 0.318 e. The number of nitrogens with one attached hydrogen (secondary N) is 1. The second-order valence-corrected chi connectivity index (χ2v) is 9.95. The summed E-state index contributed by atoms with van der Waals surface area (Å²) in [5, 5.41) is 4.45. The number of halogens is 1. The molecular weight excluding hydrogens is 353 g/mol. The molecule has 2 heterocycles. The Kier molecular flexibility index (Phi) is 3.46. The van der Waals surface area contributed by atoms with E-state index in [1.54, 1.807) is 6.07 Å². The molecule has 1 N–H and O–H groups in total. The van der Waals surface area contributed by atoms with Gasteiger partial charge < -0.3 is 14.8 Å². The van der Waals surface area contributed by atoms with Gasteiger partial charge in [0.15, 0.2) is 0 Å². The predicted octanol–water partition coefficient (Wildman–Crippen LogP) is 4.35. The standard InChI is InChI=1S/C23H28FN3O/c1-26-20-3-2-17(24)9-18(20)19-13-27(5-4-21(19)26)22(28)25-23-10-14-6-15(11-23)8-16(7-14)12-23/h2-3,9,14-16H,4-8,10-13H2,1H3,(H,25,28). The number of benzene rings is 1. The highest BCUT2D eigenvalue weighted by molar-refractivity contribution is 5.87. The Balaban J connectivity index is 1.26. The number of hydrogen-bond donors (Lipinski definition) is 1. The Hall–Kier alpha value is -2.04. The van der Waals surface area contributed by atoms with E-state index in [1.165, 1.54) is 50.3 Å². The van der Waals surface area contributed by atoms with Gasteiger partial charge in [0.05, 0.1) is 0 Å². The van der Waals surface area contributed by atoms with Crippen LogP contribution < -0.4 is 5.32 Å². The van der Waals surface area contributed by atoms with Gasteiger partial charge in [-0.2, -0.15) is 0 Å². The Bertz CT molecular complexity index is 943. The van der Waals surface area contributed by atoms with Crippen LogP contribution in [0.15, 0.2) is 18.2 Å². The predicted molar refractivity (Wildman–Crippen MR) is 106 cm³/mol. The van der Waals surface area contributed by atoms with Crippen molar-refractivity contribution < 1.29 is 9.18 Å². The minimum absolute atomic E-state index is 0.0387. The SMILES string of the molecule is Cn1c2c(c3cc(F)ccc31)CN(C(=O)NC13CC4CC(CC(C4)C1)C3)CC2. The van der Waals surface area contributed by atoms with Crippen molar-refractivity contribution in [3.8, 4) is 0 Å². The molecule has 4 saturated carbocycles. The molecule has 4 nitrogen and oxygen atoms in total. The van der Waals surface area contributed by atoms with E-state index in [4.69, 9.17) is 0 Å². The molecule has 4 bridgehead atoms. The molecule has 7 rings (SSSR count). The molecule has 4 fully saturated rings. The van der Waals surface area contributed by atoms with Crippen LogP contribution in [0, 0.1) is 23.6 Å². The minimum atomic E-state index is -0.212. The highest BCUT2D eigenvalue weighted by Crippen LogP contribution is 2.55. The summed E-state index contributed by atoms with van der Waals surface area (Å²) in [4.78, 5) is 15.2. The largest absolute Gasteiger partial charge is 0.347 e. The maximum absolute atomic E-state index is 13.9. The molecule has 1 aliphatic heterocycles. The van der Waals surface area contributed by atoms with Crippen molar-refractivity contribution in [2.75, 3.05) is 6.54 Å². The van der Waals surface area contributed by atoms with E-state index in [9.17, 15) is 9.18 Å². The number of hydrogen-bond acceptors (Lipinski definition) is 1. The van der Waals surface area contributed by atoms with Gasteiger partial charge in [-0.1, -0.05) is 0 Å². The van der Waals surface area contributed by atoms with Crippen LogP contribution in [0.5, 0.6) is 0 Å². The minimum Gasteiger partial charge on any atom is -0.347 e. The number of nitrogens with zero attached hydrogens (tertiary/aromatic N) is 2. The third kappa shape index (κ3) is 2.44. The van der Waals surface area contributed by atoms with E-state index in [-0.39, 0.29) is 17.4 Å². The molecule has 0 radical (unpaired) electrons. The molecule has 5 heteroatoms. The second-order valence-electron chi connectivity index (χ2n) is 9.95. The Morgan fingerprint density at radius 2 is 1.82 bits per heavy atom. The fourth-order valence-electron chi connectivity index (χ4n) is 7.29. The molecule has 2 aromatic rings. The third-order valence-corrected chi connectivity index (χ3v) is 8.06. The maximum atomic E-state index is 13.9. The molecule has 4 aliphatic carbocycles. The smallest absolute Gasteiger partial charge is 0.318 e. The molecule has 1 aromatic heterocycles. The zero-order valence-corrected chi connectivity index (χ0v) is 16.5. The summed E-state index contributed by atoms with van der Waals surface area (Å²) in [6, 6.07) is 5.07. The number of fused-ring (bicyclic) bond motifs is 3. The van der Waals surface area contributed by atoms with Crippen molar-refractivity contribution in [1.29, 1.82) is 0 Å². The fraction of sp³-hybridized carbons (Fsp3) is 0.609. The van der Waals surface area contributed by atoms with Gasteiger partial charge >= 0.3 is 6.03 Å². The highest BCUT2D eigenvalue weighted by Gasteiger charge is 2.51. The van der Waals surface area contributed by atoms with E-state index in [0.717, 1.165) is 47.2 Å². The summed E-state index contributed by atoms with van der Waals surface area (Å²) < 4.78 is 16.0. The van der Waals surface area contributed by atoms with E-state index in [2.05, 4.69) is 9.88 Å². The summed E-state index contributed by atoms with van der Waals surface area (Å²) in [6.07, 6.45) is 8.48. The van der Waals surface area contributed by atoms with Gasteiger partial charge in [-0.3, -0.25) is 0 Å².